The third-order valence-electron chi connectivity index (χ3n) is 3.05. The quantitative estimate of drug-likeness (QED) is 0.705. The second-order valence-electron chi connectivity index (χ2n) is 4.68. The standard InChI is InChI=1S/C15H21N3O2/c1-18-13(8-10-17-18)7-9-16-11-14(19)12-20-15-5-3-2-4-6-15/h2-6,8,10,14,16,19H,7,9,11-12H2,1H3. The van der Waals surface area contributed by atoms with Crippen LogP contribution in [-0.2, 0) is 13.5 Å². The molecule has 2 N–H and O–H groups in total. The number of aliphatic hydroxyl groups excluding tert-OH is 1. The average Bonchev–Trinajstić information content (AvgIpc) is 2.88. The fraction of sp³-hybridized carbons (Fsp3) is 0.400. The van der Waals surface area contributed by atoms with Crippen LogP contribution < -0.4 is 10.1 Å². The van der Waals surface area contributed by atoms with Crippen LogP contribution in [-0.4, -0.2) is 40.7 Å². The van der Waals surface area contributed by atoms with Crippen molar-refractivity contribution in [2.45, 2.75) is 12.5 Å². The number of rotatable bonds is 8. The minimum Gasteiger partial charge on any atom is -0.491 e. The molecular formula is C15H21N3O2. The Kier molecular flexibility index (Phi) is 5.58. The Hall–Kier alpha value is -1.85. The van der Waals surface area contributed by atoms with Gasteiger partial charge in [0.1, 0.15) is 18.5 Å². The third-order valence-corrected chi connectivity index (χ3v) is 3.05. The second-order valence-corrected chi connectivity index (χ2v) is 4.68. The lowest BCUT2D eigenvalue weighted by molar-refractivity contribution is 0.106. The first kappa shape index (κ1) is 14.6. The maximum Gasteiger partial charge on any atom is 0.119 e. The van der Waals surface area contributed by atoms with Crippen LogP contribution in [0.2, 0.25) is 0 Å². The lowest BCUT2D eigenvalue weighted by atomic mass is 10.3. The molecule has 0 saturated heterocycles. The van der Waals surface area contributed by atoms with E-state index in [1.807, 2.05) is 48.1 Å². The van der Waals surface area contributed by atoms with Crippen molar-refractivity contribution in [3.8, 4) is 5.75 Å². The molecule has 0 fully saturated rings. The lowest BCUT2D eigenvalue weighted by Crippen LogP contribution is -2.32. The molecule has 5 nitrogen and oxygen atoms in total. The predicted octanol–water partition coefficient (Wildman–Crippen LogP) is 0.992. The van der Waals surface area contributed by atoms with E-state index in [1.165, 1.54) is 5.69 Å². The molecule has 0 spiro atoms. The maximum absolute atomic E-state index is 9.82. The van der Waals surface area contributed by atoms with E-state index in [1.54, 1.807) is 6.20 Å². The molecule has 0 saturated carbocycles. The van der Waals surface area contributed by atoms with Gasteiger partial charge in [-0.25, -0.2) is 0 Å². The summed E-state index contributed by atoms with van der Waals surface area (Å²) in [6.07, 6.45) is 2.17. The van der Waals surface area contributed by atoms with Gasteiger partial charge < -0.3 is 15.2 Å². The van der Waals surface area contributed by atoms with Crippen LogP contribution in [0.1, 0.15) is 5.69 Å². The van der Waals surface area contributed by atoms with Gasteiger partial charge in [-0.05, 0) is 18.2 Å². The van der Waals surface area contributed by atoms with Crippen molar-refractivity contribution in [3.63, 3.8) is 0 Å². The Morgan fingerprint density at radius 1 is 1.30 bits per heavy atom. The smallest absolute Gasteiger partial charge is 0.119 e. The molecule has 1 unspecified atom stereocenters. The van der Waals surface area contributed by atoms with E-state index >= 15 is 0 Å². The van der Waals surface area contributed by atoms with E-state index in [0.29, 0.717) is 13.2 Å². The Morgan fingerprint density at radius 3 is 2.80 bits per heavy atom. The Balaban J connectivity index is 1.58. The highest BCUT2D eigenvalue weighted by Gasteiger charge is 2.05. The minimum atomic E-state index is -0.512. The minimum absolute atomic E-state index is 0.294. The summed E-state index contributed by atoms with van der Waals surface area (Å²) in [7, 11) is 1.93. The van der Waals surface area contributed by atoms with Gasteiger partial charge in [-0.3, -0.25) is 4.68 Å². The summed E-state index contributed by atoms with van der Waals surface area (Å²) in [5, 5.41) is 17.1. The second kappa shape index (κ2) is 7.67. The molecule has 2 aromatic rings. The number of aromatic nitrogens is 2. The fourth-order valence-corrected chi connectivity index (χ4v) is 1.90. The first-order valence-electron chi connectivity index (χ1n) is 6.79. The van der Waals surface area contributed by atoms with Gasteiger partial charge in [0.05, 0.1) is 0 Å². The van der Waals surface area contributed by atoms with Crippen LogP contribution in [0.25, 0.3) is 0 Å². The molecule has 2 rings (SSSR count). The molecule has 20 heavy (non-hydrogen) atoms. The van der Waals surface area contributed by atoms with E-state index in [9.17, 15) is 5.11 Å². The van der Waals surface area contributed by atoms with Crippen LogP contribution in [0.5, 0.6) is 5.75 Å². The monoisotopic (exact) mass is 275 g/mol. The molecule has 0 aliphatic rings. The zero-order valence-corrected chi connectivity index (χ0v) is 11.7. The summed E-state index contributed by atoms with van der Waals surface area (Å²) in [5.74, 6) is 0.779. The number of ether oxygens (including phenoxy) is 1. The molecule has 1 heterocycles. The molecule has 0 radical (unpaired) electrons. The van der Waals surface area contributed by atoms with Crippen molar-refractivity contribution < 1.29 is 9.84 Å². The fourth-order valence-electron chi connectivity index (χ4n) is 1.90. The van der Waals surface area contributed by atoms with Crippen molar-refractivity contribution in [2.75, 3.05) is 19.7 Å². The topological polar surface area (TPSA) is 59.3 Å². The van der Waals surface area contributed by atoms with Gasteiger partial charge >= 0.3 is 0 Å². The summed E-state index contributed by atoms with van der Waals surface area (Å²) >= 11 is 0. The first-order valence-corrected chi connectivity index (χ1v) is 6.79. The van der Waals surface area contributed by atoms with Gasteiger partial charge in [-0.1, -0.05) is 18.2 Å². The van der Waals surface area contributed by atoms with Crippen molar-refractivity contribution in [3.05, 3.63) is 48.3 Å². The van der Waals surface area contributed by atoms with E-state index in [0.717, 1.165) is 18.7 Å². The van der Waals surface area contributed by atoms with Crippen molar-refractivity contribution >= 4 is 0 Å². The Morgan fingerprint density at radius 2 is 2.10 bits per heavy atom. The highest BCUT2D eigenvalue weighted by molar-refractivity contribution is 5.20. The number of para-hydroxylation sites is 1. The highest BCUT2D eigenvalue weighted by atomic mass is 16.5. The summed E-state index contributed by atoms with van der Waals surface area (Å²) in [4.78, 5) is 0. The molecule has 0 amide bonds. The molecule has 0 aliphatic carbocycles. The largest absolute Gasteiger partial charge is 0.491 e. The van der Waals surface area contributed by atoms with Gasteiger partial charge in [0.2, 0.25) is 0 Å². The molecule has 1 atom stereocenters. The summed E-state index contributed by atoms with van der Waals surface area (Å²) in [6, 6.07) is 11.5. The van der Waals surface area contributed by atoms with Crippen LogP contribution in [0.3, 0.4) is 0 Å². The van der Waals surface area contributed by atoms with Crippen LogP contribution >= 0.6 is 0 Å². The molecule has 1 aromatic heterocycles. The Labute approximate surface area is 119 Å². The molecular weight excluding hydrogens is 254 g/mol. The zero-order chi connectivity index (χ0) is 14.2. The van der Waals surface area contributed by atoms with Gasteiger partial charge in [-0.15, -0.1) is 0 Å². The van der Waals surface area contributed by atoms with Crippen molar-refractivity contribution in [1.29, 1.82) is 0 Å². The molecule has 0 aliphatic heterocycles. The van der Waals surface area contributed by atoms with Gasteiger partial charge in [0.25, 0.3) is 0 Å². The molecule has 5 heteroatoms. The number of benzene rings is 1. The van der Waals surface area contributed by atoms with Gasteiger partial charge in [0.15, 0.2) is 0 Å². The average molecular weight is 275 g/mol. The molecule has 0 bridgehead atoms. The summed E-state index contributed by atoms with van der Waals surface area (Å²) in [5.41, 5.74) is 1.17. The molecule has 108 valence electrons. The van der Waals surface area contributed by atoms with Gasteiger partial charge in [-0.2, -0.15) is 5.10 Å². The Bertz CT molecular complexity index is 499. The summed E-state index contributed by atoms with van der Waals surface area (Å²) in [6.45, 7) is 1.62. The van der Waals surface area contributed by atoms with Crippen LogP contribution in [0.15, 0.2) is 42.6 Å². The highest BCUT2D eigenvalue weighted by Crippen LogP contribution is 2.08. The number of aliphatic hydroxyl groups is 1. The predicted molar refractivity (Wildman–Crippen MR) is 77.7 cm³/mol. The van der Waals surface area contributed by atoms with Gasteiger partial charge in [0, 0.05) is 38.4 Å². The van der Waals surface area contributed by atoms with E-state index in [-0.39, 0.29) is 0 Å². The number of hydrogen-bond donors (Lipinski definition) is 2. The number of hydrogen-bond acceptors (Lipinski definition) is 4. The lowest BCUT2D eigenvalue weighted by Gasteiger charge is -2.13. The van der Waals surface area contributed by atoms with E-state index in [4.69, 9.17) is 4.74 Å². The maximum atomic E-state index is 9.82. The van der Waals surface area contributed by atoms with Crippen LogP contribution in [0, 0.1) is 0 Å². The van der Waals surface area contributed by atoms with Crippen molar-refractivity contribution in [1.82, 2.24) is 15.1 Å². The van der Waals surface area contributed by atoms with Crippen LogP contribution in [0.4, 0.5) is 0 Å². The SMILES string of the molecule is Cn1nccc1CCNCC(O)COc1ccccc1. The number of nitrogens with one attached hydrogen (secondary N) is 1. The van der Waals surface area contributed by atoms with E-state index < -0.39 is 6.10 Å². The number of nitrogens with zero attached hydrogens (tertiary/aromatic N) is 2. The molecule has 1 aromatic carbocycles. The zero-order valence-electron chi connectivity index (χ0n) is 11.7. The van der Waals surface area contributed by atoms with E-state index in [2.05, 4.69) is 10.4 Å². The third kappa shape index (κ3) is 4.68. The first-order chi connectivity index (χ1) is 9.75. The van der Waals surface area contributed by atoms with Crippen molar-refractivity contribution in [2.24, 2.45) is 7.05 Å². The normalized spacial score (nSPS) is 12.3. The summed E-state index contributed by atoms with van der Waals surface area (Å²) < 4.78 is 7.34. The number of aryl methyl sites for hydroxylation is 1.